The van der Waals surface area contributed by atoms with Gasteiger partial charge in [0.25, 0.3) is 0 Å². The van der Waals surface area contributed by atoms with Gasteiger partial charge in [0.2, 0.25) is 5.91 Å². The van der Waals surface area contributed by atoms with Gasteiger partial charge in [0.15, 0.2) is 0 Å². The average Bonchev–Trinajstić information content (AvgIpc) is 2.44. The van der Waals surface area contributed by atoms with E-state index in [1.165, 1.54) is 38.5 Å². The molecular formula is C13H26N2O. The van der Waals surface area contributed by atoms with E-state index < -0.39 is 0 Å². The molecule has 1 saturated carbocycles. The number of hydrogen-bond donors (Lipinski definition) is 2. The molecule has 0 bridgehead atoms. The van der Waals surface area contributed by atoms with Crippen LogP contribution in [0.1, 0.15) is 58.8 Å². The molecule has 1 fully saturated rings. The van der Waals surface area contributed by atoms with E-state index in [0.717, 1.165) is 6.42 Å². The molecule has 0 heterocycles. The molecule has 0 spiro atoms. The van der Waals surface area contributed by atoms with Gasteiger partial charge in [0.05, 0.1) is 6.04 Å². The Balaban J connectivity index is 2.42. The lowest BCUT2D eigenvalue weighted by atomic mass is 10.0. The van der Waals surface area contributed by atoms with Gasteiger partial charge < -0.3 is 11.1 Å². The monoisotopic (exact) mass is 226 g/mol. The van der Waals surface area contributed by atoms with Crippen LogP contribution in [0, 0.1) is 5.92 Å². The number of primary amides is 1. The maximum atomic E-state index is 11.4. The van der Waals surface area contributed by atoms with Crippen molar-refractivity contribution < 1.29 is 4.79 Å². The molecule has 3 N–H and O–H groups in total. The Morgan fingerprint density at radius 1 is 1.25 bits per heavy atom. The third kappa shape index (κ3) is 4.97. The number of nitrogens with one attached hydrogen (secondary N) is 1. The minimum atomic E-state index is -0.196. The predicted molar refractivity (Wildman–Crippen MR) is 67.1 cm³/mol. The summed E-state index contributed by atoms with van der Waals surface area (Å²) in [4.78, 5) is 11.4. The van der Waals surface area contributed by atoms with Crippen molar-refractivity contribution in [2.45, 2.75) is 70.9 Å². The Bertz CT molecular complexity index is 208. The quantitative estimate of drug-likeness (QED) is 0.706. The van der Waals surface area contributed by atoms with Gasteiger partial charge in [-0.1, -0.05) is 39.5 Å². The minimum absolute atomic E-state index is 0.136. The summed E-state index contributed by atoms with van der Waals surface area (Å²) < 4.78 is 0. The van der Waals surface area contributed by atoms with Crippen molar-refractivity contribution in [3.05, 3.63) is 0 Å². The van der Waals surface area contributed by atoms with E-state index in [1.54, 1.807) is 0 Å². The number of rotatable bonds is 5. The van der Waals surface area contributed by atoms with Crippen LogP contribution < -0.4 is 11.1 Å². The van der Waals surface area contributed by atoms with E-state index in [1.807, 2.05) is 0 Å². The summed E-state index contributed by atoms with van der Waals surface area (Å²) in [6.07, 6.45) is 8.48. The fourth-order valence-corrected chi connectivity index (χ4v) is 2.47. The second-order valence-corrected chi connectivity index (χ2v) is 5.44. The second kappa shape index (κ2) is 6.89. The summed E-state index contributed by atoms with van der Waals surface area (Å²) >= 11 is 0. The van der Waals surface area contributed by atoms with Crippen LogP contribution >= 0.6 is 0 Å². The molecule has 3 heteroatoms. The molecule has 0 aliphatic heterocycles. The molecule has 1 unspecified atom stereocenters. The Labute approximate surface area is 99.2 Å². The van der Waals surface area contributed by atoms with Gasteiger partial charge in [-0.25, -0.2) is 0 Å². The highest BCUT2D eigenvalue weighted by atomic mass is 16.1. The molecule has 1 aliphatic rings. The first kappa shape index (κ1) is 13.5. The predicted octanol–water partition coefficient (Wildman–Crippen LogP) is 2.20. The first-order valence-electron chi connectivity index (χ1n) is 6.65. The van der Waals surface area contributed by atoms with Crippen LogP contribution in [-0.2, 0) is 4.79 Å². The van der Waals surface area contributed by atoms with Gasteiger partial charge in [-0.3, -0.25) is 4.79 Å². The Morgan fingerprint density at radius 3 is 2.25 bits per heavy atom. The lowest BCUT2D eigenvalue weighted by molar-refractivity contribution is -0.120. The maximum Gasteiger partial charge on any atom is 0.234 e. The standard InChI is InChI=1S/C13H26N2O/c1-10(2)9-12(13(14)16)15-11-7-5-3-4-6-8-11/h10-12,15H,3-9H2,1-2H3,(H2,14,16). The third-order valence-electron chi connectivity index (χ3n) is 3.34. The highest BCUT2D eigenvalue weighted by molar-refractivity contribution is 5.79. The van der Waals surface area contributed by atoms with Crippen LogP contribution in [0.3, 0.4) is 0 Å². The van der Waals surface area contributed by atoms with Crippen LogP contribution in [0.5, 0.6) is 0 Å². The first-order valence-corrected chi connectivity index (χ1v) is 6.65. The van der Waals surface area contributed by atoms with E-state index in [2.05, 4.69) is 19.2 Å². The summed E-state index contributed by atoms with van der Waals surface area (Å²) in [5.74, 6) is 0.314. The normalized spacial score (nSPS) is 20.7. The van der Waals surface area contributed by atoms with Crippen molar-refractivity contribution in [3.8, 4) is 0 Å². The molecule has 1 aliphatic carbocycles. The van der Waals surface area contributed by atoms with Gasteiger partial charge in [-0.05, 0) is 25.2 Å². The van der Waals surface area contributed by atoms with Crippen molar-refractivity contribution in [3.63, 3.8) is 0 Å². The molecule has 0 radical (unpaired) electrons. The van der Waals surface area contributed by atoms with Gasteiger partial charge in [0.1, 0.15) is 0 Å². The average molecular weight is 226 g/mol. The second-order valence-electron chi connectivity index (χ2n) is 5.44. The fourth-order valence-electron chi connectivity index (χ4n) is 2.47. The minimum Gasteiger partial charge on any atom is -0.368 e. The molecule has 16 heavy (non-hydrogen) atoms. The van der Waals surface area contributed by atoms with Crippen LogP contribution in [0.4, 0.5) is 0 Å². The molecule has 1 atom stereocenters. The van der Waals surface area contributed by atoms with E-state index in [9.17, 15) is 4.79 Å². The molecule has 3 nitrogen and oxygen atoms in total. The van der Waals surface area contributed by atoms with Crippen LogP contribution in [-0.4, -0.2) is 18.0 Å². The van der Waals surface area contributed by atoms with E-state index in [0.29, 0.717) is 12.0 Å². The number of carbonyl (C=O) groups excluding carboxylic acids is 1. The largest absolute Gasteiger partial charge is 0.368 e. The van der Waals surface area contributed by atoms with E-state index >= 15 is 0 Å². The summed E-state index contributed by atoms with van der Waals surface area (Å²) in [6.45, 7) is 4.26. The molecule has 0 aromatic heterocycles. The number of hydrogen-bond acceptors (Lipinski definition) is 2. The van der Waals surface area contributed by atoms with E-state index in [4.69, 9.17) is 5.73 Å². The number of nitrogens with two attached hydrogens (primary N) is 1. The van der Waals surface area contributed by atoms with Crippen LogP contribution in [0.15, 0.2) is 0 Å². The van der Waals surface area contributed by atoms with Gasteiger partial charge >= 0.3 is 0 Å². The van der Waals surface area contributed by atoms with Gasteiger partial charge in [-0.2, -0.15) is 0 Å². The summed E-state index contributed by atoms with van der Waals surface area (Å²) in [5, 5.41) is 3.45. The fraction of sp³-hybridized carbons (Fsp3) is 0.923. The van der Waals surface area contributed by atoms with Crippen LogP contribution in [0.2, 0.25) is 0 Å². The zero-order chi connectivity index (χ0) is 12.0. The zero-order valence-corrected chi connectivity index (χ0v) is 10.7. The number of carbonyl (C=O) groups is 1. The van der Waals surface area contributed by atoms with Gasteiger partial charge in [0, 0.05) is 6.04 Å². The van der Waals surface area contributed by atoms with Crippen molar-refractivity contribution in [1.82, 2.24) is 5.32 Å². The van der Waals surface area contributed by atoms with Crippen molar-refractivity contribution in [1.29, 1.82) is 0 Å². The molecule has 94 valence electrons. The van der Waals surface area contributed by atoms with Crippen molar-refractivity contribution in [2.75, 3.05) is 0 Å². The topological polar surface area (TPSA) is 55.1 Å². The molecule has 0 aromatic rings. The Hall–Kier alpha value is -0.570. The molecule has 1 rings (SSSR count). The zero-order valence-electron chi connectivity index (χ0n) is 10.7. The lowest BCUT2D eigenvalue weighted by Gasteiger charge is -2.24. The molecule has 1 amide bonds. The highest BCUT2D eigenvalue weighted by Crippen LogP contribution is 2.18. The summed E-state index contributed by atoms with van der Waals surface area (Å²) in [7, 11) is 0. The molecule has 0 aromatic carbocycles. The van der Waals surface area contributed by atoms with Crippen molar-refractivity contribution >= 4 is 5.91 Å². The highest BCUT2D eigenvalue weighted by Gasteiger charge is 2.21. The smallest absolute Gasteiger partial charge is 0.234 e. The maximum absolute atomic E-state index is 11.4. The van der Waals surface area contributed by atoms with Crippen LogP contribution in [0.25, 0.3) is 0 Å². The van der Waals surface area contributed by atoms with Gasteiger partial charge in [-0.15, -0.1) is 0 Å². The number of amides is 1. The molecule has 0 saturated heterocycles. The Morgan fingerprint density at radius 2 is 1.81 bits per heavy atom. The SMILES string of the molecule is CC(C)CC(NC1CCCCCC1)C(N)=O. The van der Waals surface area contributed by atoms with Crippen molar-refractivity contribution in [2.24, 2.45) is 11.7 Å². The molecular weight excluding hydrogens is 200 g/mol. The van der Waals surface area contributed by atoms with E-state index in [-0.39, 0.29) is 11.9 Å². The summed E-state index contributed by atoms with van der Waals surface area (Å²) in [6, 6.07) is 0.363. The first-order chi connectivity index (χ1) is 7.59. The summed E-state index contributed by atoms with van der Waals surface area (Å²) in [5.41, 5.74) is 5.44. The lowest BCUT2D eigenvalue weighted by Crippen LogP contribution is -2.47. The Kier molecular flexibility index (Phi) is 5.81. The third-order valence-corrected chi connectivity index (χ3v) is 3.34.